The molecular weight excluding hydrogens is 112 g/mol. The van der Waals surface area contributed by atoms with E-state index in [4.69, 9.17) is 2.80 Å². The lowest BCUT2D eigenvalue weighted by molar-refractivity contribution is 0.199. The van der Waals surface area contributed by atoms with Crippen molar-refractivity contribution in [2.45, 2.75) is 13.0 Å². The summed E-state index contributed by atoms with van der Waals surface area (Å²) < 4.78 is 14.2. The van der Waals surface area contributed by atoms with E-state index in [1.54, 1.807) is 12.1 Å². The maximum atomic E-state index is 7.51. The summed E-state index contributed by atoms with van der Waals surface area (Å²) in [4.78, 5) is 0. The Balaban J connectivity index is 2.93. The van der Waals surface area contributed by atoms with Crippen molar-refractivity contribution in [2.24, 2.45) is 0 Å². The highest BCUT2D eigenvalue weighted by Gasteiger charge is 1.95. The Morgan fingerprint density at radius 2 is 2.22 bits per heavy atom. The molecule has 0 aromatic heterocycles. The normalized spacial score (nSPS) is 19.7. The first-order valence-electron chi connectivity index (χ1n) is 3.77. The highest BCUT2D eigenvalue weighted by molar-refractivity contribution is 5.16. The van der Waals surface area contributed by atoms with Gasteiger partial charge >= 0.3 is 0 Å². The predicted molar refractivity (Wildman–Crippen MR) is 37.1 cm³/mol. The summed E-state index contributed by atoms with van der Waals surface area (Å²) in [7, 11) is 0. The van der Waals surface area contributed by atoms with Crippen molar-refractivity contribution in [3.8, 4) is 0 Å². The molecule has 0 amide bonds. The Hall–Kier alpha value is -0.820. The summed E-state index contributed by atoms with van der Waals surface area (Å²) in [6.45, 7) is 1.54. The van der Waals surface area contributed by atoms with Crippen molar-refractivity contribution in [3.05, 3.63) is 35.9 Å². The monoisotopic (exact) mass is 124 g/mol. The first-order valence-corrected chi connectivity index (χ1v) is 2.86. The largest absolute Gasteiger partial charge is 0.389 e. The van der Waals surface area contributed by atoms with Gasteiger partial charge in [-0.05, 0) is 12.5 Å². The van der Waals surface area contributed by atoms with E-state index in [1.165, 1.54) is 6.92 Å². The van der Waals surface area contributed by atoms with Crippen LogP contribution in [0.15, 0.2) is 30.3 Å². The van der Waals surface area contributed by atoms with Crippen LogP contribution in [0, 0.1) is 0 Å². The minimum Gasteiger partial charge on any atom is -0.389 e. The lowest BCUT2D eigenvalue weighted by Crippen LogP contribution is -1.87. The van der Waals surface area contributed by atoms with Gasteiger partial charge in [0.2, 0.25) is 1.43 Å². The molecule has 0 heterocycles. The van der Waals surface area contributed by atoms with Gasteiger partial charge in [-0.1, -0.05) is 30.3 Å². The lowest BCUT2D eigenvalue weighted by atomic mass is 10.1. The van der Waals surface area contributed by atoms with Crippen LogP contribution < -0.4 is 0 Å². The smallest absolute Gasteiger partial charge is 0.211 e. The molecule has 1 nitrogen and oxygen atoms in total. The first kappa shape index (κ1) is 4.07. The predicted octanol–water partition coefficient (Wildman–Crippen LogP) is 1.74. The maximum Gasteiger partial charge on any atom is 0.211 e. The second-order valence-corrected chi connectivity index (χ2v) is 1.92. The number of rotatable bonds is 2. The van der Waals surface area contributed by atoms with E-state index in [1.807, 2.05) is 18.2 Å². The number of aliphatic hydroxyl groups is 1. The van der Waals surface area contributed by atoms with Crippen molar-refractivity contribution < 1.29 is 6.48 Å². The second-order valence-electron chi connectivity index (χ2n) is 1.92. The summed E-state index contributed by atoms with van der Waals surface area (Å²) in [6.07, 6.45) is -1.25. The van der Waals surface area contributed by atoms with Gasteiger partial charge in [0.1, 0.15) is 0 Å². The van der Waals surface area contributed by atoms with E-state index in [2.05, 4.69) is 5.11 Å². The van der Waals surface area contributed by atoms with Gasteiger partial charge in [0.25, 0.3) is 0 Å². The third kappa shape index (κ3) is 1.54. The van der Waals surface area contributed by atoms with E-state index < -0.39 is 6.08 Å². The minimum absolute atomic E-state index is 0.690. The Kier molecular flexibility index (Phi) is 1.20. The number of benzene rings is 1. The molecule has 1 atom stereocenters. The van der Waals surface area contributed by atoms with E-state index in [9.17, 15) is 0 Å². The quantitative estimate of drug-likeness (QED) is 0.636. The van der Waals surface area contributed by atoms with Crippen molar-refractivity contribution in [2.75, 3.05) is 0 Å². The summed E-state index contributed by atoms with van der Waals surface area (Å²) in [6, 6.07) is 9.04. The topological polar surface area (TPSA) is 20.2 Å². The molecule has 0 saturated carbocycles. The zero-order valence-corrected chi connectivity index (χ0v) is 5.29. The second kappa shape index (κ2) is 2.65. The molecule has 0 saturated heterocycles. The lowest BCUT2D eigenvalue weighted by Gasteiger charge is -2.00. The highest BCUT2D eigenvalue weighted by atomic mass is 16.3. The Bertz CT molecular complexity index is 221. The zero-order chi connectivity index (χ0) is 8.32. The standard InChI is InChI=1S/C8H10O/c1-7(9)8-5-3-2-4-6-8/h2-7,9H,1H3/i7D,9D. The molecule has 48 valence electrons. The molecule has 1 rings (SSSR count). The van der Waals surface area contributed by atoms with Crippen LogP contribution in [-0.4, -0.2) is 6.54 Å². The molecule has 0 spiro atoms. The fourth-order valence-corrected chi connectivity index (χ4v) is 0.673. The van der Waals surface area contributed by atoms with Gasteiger partial charge in [-0.2, -0.15) is 0 Å². The Morgan fingerprint density at radius 3 is 2.78 bits per heavy atom. The molecule has 1 aromatic carbocycles. The molecule has 0 bridgehead atoms. The summed E-state index contributed by atoms with van der Waals surface area (Å²) in [5.74, 6) is 0. The summed E-state index contributed by atoms with van der Waals surface area (Å²) >= 11 is 0. The van der Waals surface area contributed by atoms with E-state index in [-0.39, 0.29) is 0 Å². The molecule has 1 unspecified atom stereocenters. The molecule has 1 aromatic rings. The van der Waals surface area contributed by atoms with Crippen molar-refractivity contribution in [3.63, 3.8) is 0 Å². The van der Waals surface area contributed by atoms with E-state index >= 15 is 0 Å². The van der Waals surface area contributed by atoms with Crippen molar-refractivity contribution in [1.82, 2.24) is 0 Å². The third-order valence-corrected chi connectivity index (χ3v) is 1.18. The van der Waals surface area contributed by atoms with E-state index in [0.29, 0.717) is 5.56 Å². The van der Waals surface area contributed by atoms with E-state index in [0.717, 1.165) is 0 Å². The van der Waals surface area contributed by atoms with Crippen LogP contribution in [0.4, 0.5) is 0 Å². The first-order chi connectivity index (χ1) is 5.17. The van der Waals surface area contributed by atoms with Crippen LogP contribution in [0.3, 0.4) is 0 Å². The van der Waals surface area contributed by atoms with Gasteiger partial charge < -0.3 is 5.11 Å². The van der Waals surface area contributed by atoms with Gasteiger partial charge in [-0.15, -0.1) is 0 Å². The maximum absolute atomic E-state index is 7.51. The fraction of sp³-hybridized carbons (Fsp3) is 0.250. The van der Waals surface area contributed by atoms with Crippen molar-refractivity contribution in [1.29, 1.82) is 1.43 Å². The average Bonchev–Trinajstić information content (AvgIpc) is 2.06. The Morgan fingerprint density at radius 1 is 1.56 bits per heavy atom. The SMILES string of the molecule is [2H]OC([2H])(C)c1ccccc1. The fourth-order valence-electron chi connectivity index (χ4n) is 0.673. The van der Waals surface area contributed by atoms with Crippen molar-refractivity contribution >= 4 is 0 Å². The molecule has 0 fully saturated rings. The van der Waals surface area contributed by atoms with Gasteiger partial charge in [0, 0.05) is 0 Å². The molecular formula is C8H10O. The molecule has 0 aliphatic rings. The highest BCUT2D eigenvalue weighted by Crippen LogP contribution is 2.08. The summed E-state index contributed by atoms with van der Waals surface area (Å²) in [5.41, 5.74) is 0.690. The van der Waals surface area contributed by atoms with Crippen LogP contribution in [0.1, 0.15) is 19.9 Å². The van der Waals surface area contributed by atoms with Gasteiger partial charge in [-0.3, -0.25) is 0 Å². The average molecular weight is 124 g/mol. The van der Waals surface area contributed by atoms with Crippen LogP contribution in [0.25, 0.3) is 0 Å². The number of hydrogen-bond acceptors (Lipinski definition) is 1. The van der Waals surface area contributed by atoms with Crippen LogP contribution in [0.2, 0.25) is 0 Å². The zero-order valence-electron chi connectivity index (χ0n) is 7.29. The molecule has 9 heavy (non-hydrogen) atoms. The molecule has 0 radical (unpaired) electrons. The number of hydrogen-bond donors (Lipinski definition) is 1. The third-order valence-electron chi connectivity index (χ3n) is 1.18. The molecule has 0 aliphatic heterocycles. The van der Waals surface area contributed by atoms with Gasteiger partial charge in [0.15, 0.2) is 0 Å². The Labute approximate surface area is 57.9 Å². The van der Waals surface area contributed by atoms with Crippen LogP contribution in [0.5, 0.6) is 0 Å². The molecule has 1 heteroatoms. The minimum atomic E-state index is -1.25. The van der Waals surface area contributed by atoms with Crippen LogP contribution >= 0.6 is 0 Å². The summed E-state index contributed by atoms with van der Waals surface area (Å²) in [5, 5.41) is 4.24. The molecule has 0 aliphatic carbocycles. The van der Waals surface area contributed by atoms with Gasteiger partial charge in [0.05, 0.1) is 7.45 Å². The molecule has 1 N–H and O–H groups in total. The van der Waals surface area contributed by atoms with Gasteiger partial charge in [-0.25, -0.2) is 0 Å². The van der Waals surface area contributed by atoms with Crippen LogP contribution in [-0.2, 0) is 0 Å².